The molecule has 0 saturated heterocycles. The fourth-order valence-corrected chi connectivity index (χ4v) is 1.34. The van der Waals surface area contributed by atoms with Crippen molar-refractivity contribution < 1.29 is 9.90 Å². The number of nitrogens with zero attached hydrogens (tertiary/aromatic N) is 3. The molecule has 0 aliphatic carbocycles. The van der Waals surface area contributed by atoms with Gasteiger partial charge in [0, 0.05) is 26.0 Å². The van der Waals surface area contributed by atoms with Gasteiger partial charge in [0.15, 0.2) is 11.5 Å². The van der Waals surface area contributed by atoms with Crippen LogP contribution in [0.1, 0.15) is 43.0 Å². The summed E-state index contributed by atoms with van der Waals surface area (Å²) in [6, 6.07) is 0.150. The van der Waals surface area contributed by atoms with Crippen LogP contribution in [0.25, 0.3) is 0 Å². The molecule has 0 unspecified atom stereocenters. The number of aromatic nitrogens is 3. The summed E-state index contributed by atoms with van der Waals surface area (Å²) >= 11 is 0. The first-order chi connectivity index (χ1) is 6.57. The number of hydrogen-bond acceptors (Lipinski definition) is 4. The normalized spacial score (nSPS) is 10.9. The van der Waals surface area contributed by atoms with Gasteiger partial charge in [0.25, 0.3) is 0 Å². The molecule has 1 heterocycles. The molecule has 1 rings (SSSR count). The lowest BCUT2D eigenvalue weighted by Gasteiger charge is -2.08. The number of ketones is 1. The van der Waals surface area contributed by atoms with Gasteiger partial charge in [-0.25, -0.2) is 4.68 Å². The van der Waals surface area contributed by atoms with Crippen LogP contribution in [0.15, 0.2) is 0 Å². The molecule has 0 amide bonds. The summed E-state index contributed by atoms with van der Waals surface area (Å²) in [6.07, 6.45) is 0.417. The second kappa shape index (κ2) is 4.32. The monoisotopic (exact) mass is 197 g/mol. The maximum atomic E-state index is 11.2. The predicted octanol–water partition coefficient (Wildman–Crippen LogP) is 0.596. The van der Waals surface area contributed by atoms with Crippen LogP contribution in [0.2, 0.25) is 0 Å². The molecule has 0 spiro atoms. The van der Waals surface area contributed by atoms with E-state index < -0.39 is 0 Å². The molecule has 0 fully saturated rings. The second-order valence-corrected chi connectivity index (χ2v) is 3.45. The maximum Gasteiger partial charge on any atom is 0.181 e. The van der Waals surface area contributed by atoms with Gasteiger partial charge in [-0.1, -0.05) is 5.21 Å². The molecule has 0 radical (unpaired) electrons. The Balaban J connectivity index is 3.13. The zero-order valence-corrected chi connectivity index (χ0v) is 8.69. The highest BCUT2D eigenvalue weighted by atomic mass is 16.3. The Labute approximate surface area is 82.7 Å². The largest absolute Gasteiger partial charge is 0.396 e. The van der Waals surface area contributed by atoms with E-state index in [2.05, 4.69) is 10.3 Å². The van der Waals surface area contributed by atoms with Crippen molar-refractivity contribution in [3.05, 3.63) is 11.4 Å². The fourth-order valence-electron chi connectivity index (χ4n) is 1.34. The lowest BCUT2D eigenvalue weighted by Crippen LogP contribution is -2.11. The molecule has 1 aromatic heterocycles. The van der Waals surface area contributed by atoms with Crippen molar-refractivity contribution in [1.29, 1.82) is 0 Å². The molecule has 14 heavy (non-hydrogen) atoms. The smallest absolute Gasteiger partial charge is 0.181 e. The molecule has 0 aliphatic heterocycles. The molecule has 78 valence electrons. The van der Waals surface area contributed by atoms with Crippen molar-refractivity contribution in [1.82, 2.24) is 15.0 Å². The number of rotatable bonds is 4. The number of hydrogen-bond donors (Lipinski definition) is 1. The Kier molecular flexibility index (Phi) is 3.35. The fraction of sp³-hybridized carbons (Fsp3) is 0.667. The highest BCUT2D eigenvalue weighted by Crippen LogP contribution is 2.12. The molecule has 5 heteroatoms. The van der Waals surface area contributed by atoms with Gasteiger partial charge in [0.1, 0.15) is 0 Å². The number of aliphatic hydroxyl groups excluding tert-OH is 1. The summed E-state index contributed by atoms with van der Waals surface area (Å²) in [4.78, 5) is 11.2. The first-order valence-corrected chi connectivity index (χ1v) is 4.63. The average Bonchev–Trinajstić information content (AvgIpc) is 2.48. The molecular formula is C9H15N3O2. The van der Waals surface area contributed by atoms with Crippen molar-refractivity contribution in [2.45, 2.75) is 33.2 Å². The van der Waals surface area contributed by atoms with Crippen LogP contribution in [0.3, 0.4) is 0 Å². The SMILES string of the molecule is CC(=O)c1nnn(C(C)C)c1CCO. The minimum Gasteiger partial charge on any atom is -0.396 e. The van der Waals surface area contributed by atoms with Gasteiger partial charge in [-0.15, -0.1) is 5.10 Å². The van der Waals surface area contributed by atoms with Gasteiger partial charge in [-0.2, -0.15) is 0 Å². The van der Waals surface area contributed by atoms with Gasteiger partial charge in [-0.05, 0) is 13.8 Å². The zero-order chi connectivity index (χ0) is 10.7. The Hall–Kier alpha value is -1.23. The van der Waals surface area contributed by atoms with E-state index in [0.717, 1.165) is 5.69 Å². The van der Waals surface area contributed by atoms with E-state index in [9.17, 15) is 4.79 Å². The second-order valence-electron chi connectivity index (χ2n) is 3.45. The lowest BCUT2D eigenvalue weighted by molar-refractivity contribution is 0.101. The average molecular weight is 197 g/mol. The molecule has 0 saturated carbocycles. The van der Waals surface area contributed by atoms with Crippen LogP contribution in [0, 0.1) is 0 Å². The molecular weight excluding hydrogens is 182 g/mol. The minimum atomic E-state index is -0.111. The molecule has 5 nitrogen and oxygen atoms in total. The Morgan fingerprint density at radius 2 is 2.21 bits per heavy atom. The topological polar surface area (TPSA) is 68.0 Å². The minimum absolute atomic E-state index is 0.000370. The third-order valence-corrected chi connectivity index (χ3v) is 1.96. The quantitative estimate of drug-likeness (QED) is 0.717. The molecule has 0 aromatic carbocycles. The third-order valence-electron chi connectivity index (χ3n) is 1.96. The predicted molar refractivity (Wildman–Crippen MR) is 51.2 cm³/mol. The van der Waals surface area contributed by atoms with E-state index in [1.54, 1.807) is 4.68 Å². The number of aliphatic hydroxyl groups is 1. The highest BCUT2D eigenvalue weighted by Gasteiger charge is 2.17. The van der Waals surface area contributed by atoms with E-state index in [4.69, 9.17) is 5.11 Å². The zero-order valence-electron chi connectivity index (χ0n) is 8.69. The van der Waals surface area contributed by atoms with Crippen molar-refractivity contribution in [3.8, 4) is 0 Å². The van der Waals surface area contributed by atoms with Crippen molar-refractivity contribution in [2.24, 2.45) is 0 Å². The molecule has 0 aliphatic rings. The van der Waals surface area contributed by atoms with Crippen LogP contribution < -0.4 is 0 Å². The van der Waals surface area contributed by atoms with Crippen LogP contribution in [-0.2, 0) is 6.42 Å². The molecule has 0 bridgehead atoms. The highest BCUT2D eigenvalue weighted by molar-refractivity contribution is 5.93. The third kappa shape index (κ3) is 1.98. The van der Waals surface area contributed by atoms with Gasteiger partial charge < -0.3 is 5.11 Å². The van der Waals surface area contributed by atoms with E-state index in [-0.39, 0.29) is 18.4 Å². The maximum absolute atomic E-state index is 11.2. The Morgan fingerprint density at radius 1 is 1.57 bits per heavy atom. The van der Waals surface area contributed by atoms with E-state index in [1.165, 1.54) is 6.92 Å². The van der Waals surface area contributed by atoms with E-state index in [1.807, 2.05) is 13.8 Å². The number of carbonyl (C=O) groups is 1. The lowest BCUT2D eigenvalue weighted by atomic mass is 10.2. The van der Waals surface area contributed by atoms with Crippen LogP contribution in [0.4, 0.5) is 0 Å². The summed E-state index contributed by atoms with van der Waals surface area (Å²) in [6.45, 7) is 5.37. The standard InChI is InChI=1S/C9H15N3O2/c1-6(2)12-8(4-5-13)9(7(3)14)10-11-12/h6,13H,4-5H2,1-3H3. The summed E-state index contributed by atoms with van der Waals surface area (Å²) in [5.74, 6) is -0.111. The van der Waals surface area contributed by atoms with Crippen LogP contribution in [0.5, 0.6) is 0 Å². The van der Waals surface area contributed by atoms with Gasteiger partial charge in [0.2, 0.25) is 0 Å². The molecule has 1 N–H and O–H groups in total. The van der Waals surface area contributed by atoms with Crippen LogP contribution in [-0.4, -0.2) is 32.5 Å². The summed E-state index contributed by atoms with van der Waals surface area (Å²) in [5.41, 5.74) is 1.09. The summed E-state index contributed by atoms with van der Waals surface area (Å²) in [5, 5.41) is 16.6. The first kappa shape index (κ1) is 10.8. The summed E-state index contributed by atoms with van der Waals surface area (Å²) in [7, 11) is 0. The van der Waals surface area contributed by atoms with E-state index in [0.29, 0.717) is 12.1 Å². The van der Waals surface area contributed by atoms with Gasteiger partial charge >= 0.3 is 0 Å². The molecule has 0 atom stereocenters. The summed E-state index contributed by atoms with van der Waals surface area (Å²) < 4.78 is 1.67. The number of carbonyl (C=O) groups excluding carboxylic acids is 1. The van der Waals surface area contributed by atoms with Crippen molar-refractivity contribution in [3.63, 3.8) is 0 Å². The van der Waals surface area contributed by atoms with Crippen molar-refractivity contribution in [2.75, 3.05) is 6.61 Å². The Bertz CT molecular complexity index is 331. The van der Waals surface area contributed by atoms with Crippen molar-refractivity contribution >= 4 is 5.78 Å². The Morgan fingerprint density at radius 3 is 2.64 bits per heavy atom. The van der Waals surface area contributed by atoms with Gasteiger partial charge in [-0.3, -0.25) is 4.79 Å². The van der Waals surface area contributed by atoms with Crippen LogP contribution >= 0.6 is 0 Å². The number of Topliss-reactive ketones (excluding diaryl/α,β-unsaturated/α-hetero) is 1. The first-order valence-electron chi connectivity index (χ1n) is 4.63. The van der Waals surface area contributed by atoms with Gasteiger partial charge in [0.05, 0.1) is 5.69 Å². The van der Waals surface area contributed by atoms with E-state index >= 15 is 0 Å². The molecule has 1 aromatic rings.